The second-order valence-corrected chi connectivity index (χ2v) is 11.9. The molecule has 0 aromatic heterocycles. The van der Waals surface area contributed by atoms with Gasteiger partial charge in [0.05, 0.1) is 6.61 Å². The third-order valence-corrected chi connectivity index (χ3v) is 9.18. The van der Waals surface area contributed by atoms with Crippen molar-refractivity contribution in [3.8, 4) is 5.75 Å². The van der Waals surface area contributed by atoms with E-state index in [-0.39, 0.29) is 36.5 Å². The van der Waals surface area contributed by atoms with Crippen LogP contribution < -0.4 is 10.1 Å². The average Bonchev–Trinajstić information content (AvgIpc) is 3.27. The largest absolute Gasteiger partial charge is 0.493 e. The van der Waals surface area contributed by atoms with Gasteiger partial charge in [0.15, 0.2) is 0 Å². The van der Waals surface area contributed by atoms with Crippen LogP contribution in [0.2, 0.25) is 0 Å². The van der Waals surface area contributed by atoms with Gasteiger partial charge in [0, 0.05) is 25.1 Å². The van der Waals surface area contributed by atoms with E-state index in [4.69, 9.17) is 4.74 Å². The minimum absolute atomic E-state index is 0.0893. The topological polar surface area (TPSA) is 79.0 Å². The molecular weight excluding hydrogens is 509 g/mol. The van der Waals surface area contributed by atoms with Crippen LogP contribution in [0, 0.1) is 11.7 Å². The molecule has 4 aliphatic rings. The molecule has 3 fully saturated rings. The van der Waals surface area contributed by atoms with Crippen molar-refractivity contribution in [3.63, 3.8) is 0 Å². The number of hydrogen-bond acceptors (Lipinski definition) is 5. The summed E-state index contributed by atoms with van der Waals surface area (Å²) in [5.41, 5.74) is 2.98. The maximum atomic E-state index is 15.3. The number of hydrogen-bond donors (Lipinski definition) is 1. The summed E-state index contributed by atoms with van der Waals surface area (Å²) in [5.74, 6) is 0.251. The van der Waals surface area contributed by atoms with Gasteiger partial charge in [-0.05, 0) is 91.9 Å². The van der Waals surface area contributed by atoms with Crippen LogP contribution in [0.1, 0.15) is 90.8 Å². The minimum atomic E-state index is -0.691. The van der Waals surface area contributed by atoms with E-state index in [9.17, 15) is 14.4 Å². The van der Waals surface area contributed by atoms with Crippen LogP contribution in [-0.2, 0) is 22.7 Å². The molecule has 1 unspecified atom stereocenters. The van der Waals surface area contributed by atoms with Gasteiger partial charge in [0.2, 0.25) is 11.8 Å². The van der Waals surface area contributed by atoms with Crippen molar-refractivity contribution in [2.24, 2.45) is 5.92 Å². The van der Waals surface area contributed by atoms with Crippen molar-refractivity contribution < 1.29 is 23.5 Å². The van der Waals surface area contributed by atoms with Gasteiger partial charge in [-0.25, -0.2) is 4.39 Å². The number of fused-ring (bicyclic) bond motifs is 1. The number of carbonyl (C=O) groups excluding carboxylic acids is 3. The van der Waals surface area contributed by atoms with Gasteiger partial charge in [-0.2, -0.15) is 0 Å². The van der Waals surface area contributed by atoms with Crippen molar-refractivity contribution in [2.75, 3.05) is 19.7 Å². The molecule has 7 nitrogen and oxygen atoms in total. The first-order chi connectivity index (χ1) is 19.4. The molecule has 1 N–H and O–H groups in total. The maximum absolute atomic E-state index is 15.3. The molecule has 0 spiro atoms. The van der Waals surface area contributed by atoms with E-state index in [0.29, 0.717) is 23.5 Å². The van der Waals surface area contributed by atoms with E-state index in [2.05, 4.69) is 28.4 Å². The number of amides is 3. The summed E-state index contributed by atoms with van der Waals surface area (Å²) < 4.78 is 21.4. The Morgan fingerprint density at radius 2 is 1.75 bits per heavy atom. The Balaban J connectivity index is 1.05. The van der Waals surface area contributed by atoms with Crippen LogP contribution in [-0.4, -0.2) is 53.3 Å². The zero-order valence-corrected chi connectivity index (χ0v) is 23.0. The van der Waals surface area contributed by atoms with Crippen LogP contribution >= 0.6 is 0 Å². The number of ether oxygens (including phenoxy) is 1. The Labute approximate surface area is 235 Å². The molecule has 3 heterocycles. The number of likely N-dealkylation sites (tertiary alicyclic amines) is 1. The summed E-state index contributed by atoms with van der Waals surface area (Å²) in [4.78, 5) is 40.8. The zero-order chi connectivity index (χ0) is 27.6. The molecule has 2 saturated heterocycles. The van der Waals surface area contributed by atoms with E-state index < -0.39 is 11.9 Å². The number of halogens is 1. The monoisotopic (exact) mass is 547 g/mol. The molecule has 212 valence electrons. The predicted octanol–water partition coefficient (Wildman–Crippen LogP) is 4.93. The molecule has 3 aliphatic heterocycles. The highest BCUT2D eigenvalue weighted by Crippen LogP contribution is 2.36. The third kappa shape index (κ3) is 5.78. The molecule has 3 amide bonds. The van der Waals surface area contributed by atoms with Gasteiger partial charge in [-0.15, -0.1) is 0 Å². The van der Waals surface area contributed by atoms with E-state index >= 15 is 4.39 Å². The molecule has 40 heavy (non-hydrogen) atoms. The summed E-state index contributed by atoms with van der Waals surface area (Å²) in [7, 11) is 0. The van der Waals surface area contributed by atoms with Gasteiger partial charge in [0.25, 0.3) is 5.91 Å². The molecule has 2 aromatic rings. The Kier molecular flexibility index (Phi) is 7.87. The van der Waals surface area contributed by atoms with Crippen molar-refractivity contribution in [1.29, 1.82) is 0 Å². The quantitative estimate of drug-likeness (QED) is 0.498. The van der Waals surface area contributed by atoms with E-state index in [1.807, 2.05) is 12.1 Å². The van der Waals surface area contributed by atoms with Crippen molar-refractivity contribution in [1.82, 2.24) is 15.1 Å². The maximum Gasteiger partial charge on any atom is 0.255 e. The zero-order valence-electron chi connectivity index (χ0n) is 23.0. The van der Waals surface area contributed by atoms with E-state index in [1.54, 1.807) is 0 Å². The van der Waals surface area contributed by atoms with Gasteiger partial charge < -0.3 is 9.64 Å². The first kappa shape index (κ1) is 26.9. The van der Waals surface area contributed by atoms with Gasteiger partial charge in [-0.3, -0.25) is 24.6 Å². The van der Waals surface area contributed by atoms with Crippen molar-refractivity contribution in [3.05, 3.63) is 64.5 Å². The van der Waals surface area contributed by atoms with Crippen LogP contribution in [0.3, 0.4) is 0 Å². The summed E-state index contributed by atoms with van der Waals surface area (Å²) in [6.45, 7) is 3.66. The molecule has 2 aromatic carbocycles. The average molecular weight is 548 g/mol. The van der Waals surface area contributed by atoms with Gasteiger partial charge in [0.1, 0.15) is 17.6 Å². The number of imide groups is 1. The molecule has 1 saturated carbocycles. The molecule has 6 rings (SSSR count). The predicted molar refractivity (Wildman–Crippen MR) is 148 cm³/mol. The lowest BCUT2D eigenvalue weighted by Gasteiger charge is -2.32. The van der Waals surface area contributed by atoms with Crippen LogP contribution in [0.25, 0.3) is 0 Å². The highest BCUT2D eigenvalue weighted by Gasteiger charge is 2.40. The van der Waals surface area contributed by atoms with Crippen molar-refractivity contribution in [2.45, 2.75) is 82.8 Å². The molecule has 1 atom stereocenters. The SMILES string of the molecule is O=C1CCC(N2Cc3cc(C4CCN(Cc5cccc(OCC6CCCCC6)c5)CC4)c(F)cc3C2=O)C(=O)N1. The molecule has 1 aliphatic carbocycles. The number of benzene rings is 2. The summed E-state index contributed by atoms with van der Waals surface area (Å²) in [6, 6.07) is 10.9. The molecule has 0 radical (unpaired) electrons. The smallest absolute Gasteiger partial charge is 0.255 e. The lowest BCUT2D eigenvalue weighted by Crippen LogP contribution is -2.52. The second-order valence-electron chi connectivity index (χ2n) is 11.9. The lowest BCUT2D eigenvalue weighted by molar-refractivity contribution is -0.136. The van der Waals surface area contributed by atoms with Gasteiger partial charge in [-0.1, -0.05) is 37.5 Å². The summed E-state index contributed by atoms with van der Waals surface area (Å²) >= 11 is 0. The number of piperidine rings is 2. The number of rotatable bonds is 7. The van der Waals surface area contributed by atoms with Crippen LogP contribution in [0.5, 0.6) is 5.75 Å². The number of nitrogens with zero attached hydrogens (tertiary/aromatic N) is 2. The van der Waals surface area contributed by atoms with E-state index in [0.717, 1.165) is 50.4 Å². The summed E-state index contributed by atoms with van der Waals surface area (Å²) in [6.07, 6.45) is 8.72. The summed E-state index contributed by atoms with van der Waals surface area (Å²) in [5, 5.41) is 2.31. The normalized spacial score (nSPS) is 22.9. The fourth-order valence-corrected chi connectivity index (χ4v) is 6.88. The first-order valence-corrected chi connectivity index (χ1v) is 14.9. The molecule has 0 bridgehead atoms. The lowest BCUT2D eigenvalue weighted by atomic mass is 9.87. The van der Waals surface area contributed by atoms with E-state index in [1.165, 1.54) is 48.6 Å². The Hall–Kier alpha value is -3.26. The highest BCUT2D eigenvalue weighted by molar-refractivity contribution is 6.05. The third-order valence-electron chi connectivity index (χ3n) is 9.18. The fourth-order valence-electron chi connectivity index (χ4n) is 6.88. The van der Waals surface area contributed by atoms with Crippen LogP contribution in [0.4, 0.5) is 4.39 Å². The minimum Gasteiger partial charge on any atom is -0.493 e. The fraction of sp³-hybridized carbons (Fsp3) is 0.531. The Morgan fingerprint density at radius 3 is 2.52 bits per heavy atom. The second kappa shape index (κ2) is 11.7. The molecule has 8 heteroatoms. The Bertz CT molecular complexity index is 1280. The number of carbonyl (C=O) groups is 3. The van der Waals surface area contributed by atoms with Crippen LogP contribution in [0.15, 0.2) is 36.4 Å². The first-order valence-electron chi connectivity index (χ1n) is 14.9. The molecular formula is C32H38FN3O4. The van der Waals surface area contributed by atoms with Gasteiger partial charge >= 0.3 is 0 Å². The standard InChI is InChI=1S/C32H38FN3O4/c33-28-17-27-24(19-36(32(27)39)29-9-10-30(37)34-31(29)38)16-26(28)23-11-13-35(14-12-23)18-22-7-4-8-25(15-22)40-20-21-5-2-1-3-6-21/h4,7-8,15-17,21,23,29H,1-3,5-6,9-14,18-20H2,(H,34,37,38). The Morgan fingerprint density at radius 1 is 0.950 bits per heavy atom. The number of nitrogens with one attached hydrogen (secondary N) is 1. The highest BCUT2D eigenvalue weighted by atomic mass is 19.1. The van der Waals surface area contributed by atoms with Crippen molar-refractivity contribution >= 4 is 17.7 Å².